The number of nitrogens with two attached hydrogens (primary N) is 1. The van der Waals surface area contributed by atoms with Crippen molar-refractivity contribution < 1.29 is 19.6 Å². The Bertz CT molecular complexity index is 774. The van der Waals surface area contributed by atoms with Gasteiger partial charge >= 0.3 is 0 Å². The van der Waals surface area contributed by atoms with Crippen molar-refractivity contribution >= 4 is 11.8 Å². The van der Waals surface area contributed by atoms with Crippen LogP contribution in [-0.4, -0.2) is 31.5 Å². The van der Waals surface area contributed by atoms with E-state index in [1.165, 1.54) is 11.1 Å². The van der Waals surface area contributed by atoms with Crippen molar-refractivity contribution in [3.05, 3.63) is 65.2 Å². The molecule has 0 unspecified atom stereocenters. The first-order valence-electron chi connectivity index (χ1n) is 8.73. The summed E-state index contributed by atoms with van der Waals surface area (Å²) < 4.78 is 5.10. The summed E-state index contributed by atoms with van der Waals surface area (Å²) >= 11 is 0. The number of quaternary nitrogens is 1. The van der Waals surface area contributed by atoms with Crippen molar-refractivity contribution in [2.75, 3.05) is 13.7 Å². The van der Waals surface area contributed by atoms with E-state index < -0.39 is 0 Å². The van der Waals surface area contributed by atoms with Gasteiger partial charge in [-0.05, 0) is 23.3 Å². The Morgan fingerprint density at radius 3 is 2.54 bits per heavy atom. The van der Waals surface area contributed by atoms with E-state index in [-0.39, 0.29) is 24.4 Å². The van der Waals surface area contributed by atoms with Crippen LogP contribution in [0.4, 0.5) is 0 Å². The number of nitrogens with one attached hydrogen (secondary N) is 2. The summed E-state index contributed by atoms with van der Waals surface area (Å²) in [5.41, 5.74) is 3.45. The van der Waals surface area contributed by atoms with Gasteiger partial charge in [-0.3, -0.25) is 9.59 Å². The highest BCUT2D eigenvalue weighted by molar-refractivity contribution is 5.86. The van der Waals surface area contributed by atoms with Crippen molar-refractivity contribution in [2.24, 2.45) is 0 Å². The van der Waals surface area contributed by atoms with Crippen LogP contribution in [0, 0.1) is 0 Å². The fourth-order valence-electron chi connectivity index (χ4n) is 3.05. The lowest BCUT2D eigenvalue weighted by Crippen LogP contribution is -2.93. The average molecular weight is 354 g/mol. The van der Waals surface area contributed by atoms with E-state index in [2.05, 4.69) is 22.8 Å². The molecule has 0 aliphatic carbocycles. The van der Waals surface area contributed by atoms with Crippen LogP contribution in [0.25, 0.3) is 0 Å². The number of benzene rings is 2. The summed E-state index contributed by atoms with van der Waals surface area (Å²) in [7, 11) is 1.61. The van der Waals surface area contributed by atoms with E-state index in [1.54, 1.807) is 7.11 Å². The smallest absolute Gasteiger partial charge is 0.279 e. The van der Waals surface area contributed by atoms with Crippen LogP contribution < -0.4 is 20.7 Å². The van der Waals surface area contributed by atoms with Crippen LogP contribution in [0.3, 0.4) is 0 Å². The lowest BCUT2D eigenvalue weighted by molar-refractivity contribution is -0.695. The minimum absolute atomic E-state index is 0.0129. The number of methoxy groups -OCH3 is 1. The highest BCUT2D eigenvalue weighted by atomic mass is 16.5. The zero-order valence-corrected chi connectivity index (χ0v) is 14.8. The van der Waals surface area contributed by atoms with Crippen molar-refractivity contribution in [1.82, 2.24) is 10.6 Å². The molecule has 0 saturated heterocycles. The Hall–Kier alpha value is -2.86. The third kappa shape index (κ3) is 4.61. The number of carbonyl (C=O) groups is 2. The first-order valence-corrected chi connectivity index (χ1v) is 8.73. The molecule has 0 fully saturated rings. The molecular weight excluding hydrogens is 330 g/mol. The maximum absolute atomic E-state index is 12.3. The lowest BCUT2D eigenvalue weighted by atomic mass is 9.95. The number of ether oxygens (including phenoxy) is 1. The zero-order chi connectivity index (χ0) is 18.4. The number of rotatable bonds is 6. The summed E-state index contributed by atoms with van der Waals surface area (Å²) in [4.78, 5) is 24.3. The molecule has 2 aromatic carbocycles. The fourth-order valence-corrected chi connectivity index (χ4v) is 3.05. The maximum Gasteiger partial charge on any atom is 0.279 e. The van der Waals surface area contributed by atoms with Crippen molar-refractivity contribution in [3.63, 3.8) is 0 Å². The van der Waals surface area contributed by atoms with Gasteiger partial charge in [-0.1, -0.05) is 36.4 Å². The summed E-state index contributed by atoms with van der Waals surface area (Å²) in [6, 6.07) is 15.5. The molecule has 136 valence electrons. The lowest BCUT2D eigenvalue weighted by Gasteiger charge is -2.22. The molecule has 1 aliphatic rings. The predicted octanol–water partition coefficient (Wildman–Crippen LogP) is 0.116. The number of amides is 2. The average Bonchev–Trinajstić information content (AvgIpc) is 2.70. The first kappa shape index (κ1) is 17.9. The first-order chi connectivity index (χ1) is 12.7. The SMILES string of the molecule is COc1ccc(CNC(=O)CNC(=O)[C@@H]2Cc3ccccc3C[NH2+]2)cc1. The van der Waals surface area contributed by atoms with Crippen LogP contribution in [-0.2, 0) is 29.1 Å². The van der Waals surface area contributed by atoms with Crippen molar-refractivity contribution in [3.8, 4) is 5.75 Å². The largest absolute Gasteiger partial charge is 0.497 e. The molecule has 0 saturated carbocycles. The van der Waals surface area contributed by atoms with Crippen LogP contribution in [0.2, 0.25) is 0 Å². The van der Waals surface area contributed by atoms with E-state index in [0.717, 1.165) is 17.9 Å². The topological polar surface area (TPSA) is 84.0 Å². The quantitative estimate of drug-likeness (QED) is 0.689. The fraction of sp³-hybridized carbons (Fsp3) is 0.300. The van der Waals surface area contributed by atoms with Gasteiger partial charge in [0.25, 0.3) is 5.91 Å². The molecule has 1 heterocycles. The number of hydrogen-bond donors (Lipinski definition) is 3. The molecule has 1 atom stereocenters. The van der Waals surface area contributed by atoms with Crippen molar-refractivity contribution in [1.29, 1.82) is 0 Å². The molecule has 0 aromatic heterocycles. The monoisotopic (exact) mass is 354 g/mol. The second kappa shape index (κ2) is 8.49. The van der Waals surface area contributed by atoms with Gasteiger partial charge in [-0.15, -0.1) is 0 Å². The van der Waals surface area contributed by atoms with Crippen LogP contribution in [0.15, 0.2) is 48.5 Å². The summed E-state index contributed by atoms with van der Waals surface area (Å²) in [6.45, 7) is 1.19. The molecule has 0 bridgehead atoms. The van der Waals surface area contributed by atoms with Gasteiger partial charge in [0.2, 0.25) is 5.91 Å². The van der Waals surface area contributed by atoms with Crippen LogP contribution in [0.5, 0.6) is 5.75 Å². The molecule has 26 heavy (non-hydrogen) atoms. The predicted molar refractivity (Wildman–Crippen MR) is 97.4 cm³/mol. The Kier molecular flexibility index (Phi) is 5.86. The molecule has 4 N–H and O–H groups in total. The maximum atomic E-state index is 12.3. The van der Waals surface area contributed by atoms with E-state index in [1.807, 2.05) is 41.7 Å². The van der Waals surface area contributed by atoms with Gasteiger partial charge in [0.1, 0.15) is 12.3 Å². The Labute approximate surface area is 152 Å². The minimum Gasteiger partial charge on any atom is -0.497 e. The summed E-state index contributed by atoms with van der Waals surface area (Å²) in [5, 5.41) is 7.56. The number of carbonyl (C=O) groups excluding carboxylic acids is 2. The molecule has 2 amide bonds. The molecule has 0 radical (unpaired) electrons. The van der Waals surface area contributed by atoms with Gasteiger partial charge in [0, 0.05) is 18.5 Å². The second-order valence-electron chi connectivity index (χ2n) is 6.36. The second-order valence-corrected chi connectivity index (χ2v) is 6.36. The van der Waals surface area contributed by atoms with Gasteiger partial charge in [-0.2, -0.15) is 0 Å². The third-order valence-corrected chi connectivity index (χ3v) is 4.59. The molecular formula is C20H24N3O3+. The number of hydrogen-bond acceptors (Lipinski definition) is 3. The van der Waals surface area contributed by atoms with E-state index >= 15 is 0 Å². The van der Waals surface area contributed by atoms with E-state index in [4.69, 9.17) is 4.74 Å². The highest BCUT2D eigenvalue weighted by Crippen LogP contribution is 2.12. The third-order valence-electron chi connectivity index (χ3n) is 4.59. The van der Waals surface area contributed by atoms with E-state index in [9.17, 15) is 9.59 Å². The van der Waals surface area contributed by atoms with Gasteiger partial charge in [-0.25, -0.2) is 0 Å². The van der Waals surface area contributed by atoms with Gasteiger partial charge in [0.05, 0.1) is 13.7 Å². The van der Waals surface area contributed by atoms with E-state index in [0.29, 0.717) is 13.0 Å². The molecule has 1 aliphatic heterocycles. The summed E-state index contributed by atoms with van der Waals surface area (Å²) in [6.07, 6.45) is 0.690. The number of fused-ring (bicyclic) bond motifs is 1. The Morgan fingerprint density at radius 1 is 1.08 bits per heavy atom. The molecule has 6 nitrogen and oxygen atoms in total. The molecule has 3 rings (SSSR count). The normalized spacial score (nSPS) is 15.7. The summed E-state index contributed by atoms with van der Waals surface area (Å²) in [5.74, 6) is 0.474. The highest BCUT2D eigenvalue weighted by Gasteiger charge is 2.27. The minimum atomic E-state index is -0.203. The van der Waals surface area contributed by atoms with Gasteiger partial charge < -0.3 is 20.7 Å². The van der Waals surface area contributed by atoms with Gasteiger partial charge in [0.15, 0.2) is 6.04 Å². The van der Waals surface area contributed by atoms with Crippen LogP contribution in [0.1, 0.15) is 16.7 Å². The molecule has 0 spiro atoms. The standard InChI is InChI=1S/C20H23N3O3/c1-26-17-8-6-14(7-9-17)11-22-19(24)13-23-20(25)18-10-15-4-2-3-5-16(15)12-21-18/h2-9,18,21H,10-13H2,1H3,(H,22,24)(H,23,25)/p+1/t18-/m0/s1. The zero-order valence-electron chi connectivity index (χ0n) is 14.8. The molecule has 2 aromatic rings. The molecule has 6 heteroatoms. The van der Waals surface area contributed by atoms with Crippen molar-refractivity contribution in [2.45, 2.75) is 25.6 Å². The Balaban J connectivity index is 1.42. The Morgan fingerprint density at radius 2 is 1.81 bits per heavy atom. The van der Waals surface area contributed by atoms with Crippen LogP contribution >= 0.6 is 0 Å².